The van der Waals surface area contributed by atoms with Gasteiger partial charge in [-0.15, -0.1) is 0 Å². The van der Waals surface area contributed by atoms with Crippen LogP contribution in [-0.2, 0) is 14.4 Å². The number of anilines is 3. The normalized spacial score (nSPS) is 10.6. The van der Waals surface area contributed by atoms with E-state index in [2.05, 4.69) is 16.0 Å². The Labute approximate surface area is 164 Å². The van der Waals surface area contributed by atoms with E-state index in [0.717, 1.165) is 6.07 Å². The molecule has 0 aromatic heterocycles. The van der Waals surface area contributed by atoms with Gasteiger partial charge >= 0.3 is 0 Å². The molecule has 7 nitrogen and oxygen atoms in total. The number of carbonyl (C=O) groups excluding carboxylic acids is 3. The number of carbonyl (C=O) groups is 3. The maximum atomic E-state index is 13.6. The molecule has 2 aromatic carbocycles. The predicted molar refractivity (Wildman–Crippen MR) is 102 cm³/mol. The predicted octanol–water partition coefficient (Wildman–Crippen LogP) is 2.57. The summed E-state index contributed by atoms with van der Waals surface area (Å²) in [4.78, 5) is 36.3. The molecule has 0 saturated heterocycles. The summed E-state index contributed by atoms with van der Waals surface area (Å²) in [6, 6.07) is 8.03. The molecule has 0 bridgehead atoms. The summed E-state index contributed by atoms with van der Waals surface area (Å²) in [6.07, 6.45) is 0. The first-order chi connectivity index (χ1) is 13.7. The van der Waals surface area contributed by atoms with Crippen LogP contribution in [0.5, 0.6) is 0 Å². The summed E-state index contributed by atoms with van der Waals surface area (Å²) < 4.78 is 39.7. The molecule has 154 valence electrons. The van der Waals surface area contributed by atoms with Gasteiger partial charge in [0.2, 0.25) is 17.7 Å². The summed E-state index contributed by atoms with van der Waals surface area (Å²) in [5, 5.41) is 7.34. The van der Waals surface area contributed by atoms with Crippen molar-refractivity contribution >= 4 is 34.8 Å². The minimum Gasteiger partial charge on any atom is -0.326 e. The van der Waals surface area contributed by atoms with Crippen LogP contribution in [0, 0.1) is 17.5 Å². The zero-order valence-corrected chi connectivity index (χ0v) is 15.7. The molecule has 0 unspecified atom stereocenters. The molecule has 2 aromatic rings. The number of amides is 3. The van der Waals surface area contributed by atoms with Crippen LogP contribution in [0.2, 0.25) is 0 Å². The topological polar surface area (TPSA) is 90.5 Å². The van der Waals surface area contributed by atoms with Crippen LogP contribution in [0.25, 0.3) is 0 Å². The summed E-state index contributed by atoms with van der Waals surface area (Å²) >= 11 is 0. The lowest BCUT2D eigenvalue weighted by molar-refractivity contribution is -0.119. The summed E-state index contributed by atoms with van der Waals surface area (Å²) in [5.41, 5.74) is 0.575. The van der Waals surface area contributed by atoms with Crippen molar-refractivity contribution in [2.75, 3.05) is 36.1 Å². The molecule has 2 rings (SSSR count). The van der Waals surface area contributed by atoms with E-state index in [-0.39, 0.29) is 19.0 Å². The number of nitrogens with zero attached hydrogens (tertiary/aromatic N) is 1. The first kappa shape index (κ1) is 21.9. The molecule has 10 heteroatoms. The van der Waals surface area contributed by atoms with E-state index in [1.165, 1.54) is 18.9 Å². The number of hydrogen-bond acceptors (Lipinski definition) is 4. The molecule has 29 heavy (non-hydrogen) atoms. The van der Waals surface area contributed by atoms with Gasteiger partial charge in [0.1, 0.15) is 0 Å². The van der Waals surface area contributed by atoms with Gasteiger partial charge in [-0.05, 0) is 43.4 Å². The van der Waals surface area contributed by atoms with Crippen LogP contribution >= 0.6 is 0 Å². The smallest absolute Gasteiger partial charge is 0.238 e. The summed E-state index contributed by atoms with van der Waals surface area (Å²) in [5.74, 6) is -5.87. The first-order valence-corrected chi connectivity index (χ1v) is 8.45. The molecule has 0 aliphatic carbocycles. The fraction of sp³-hybridized carbons (Fsp3) is 0.211. The minimum atomic E-state index is -1.68. The number of likely N-dealkylation sites (N-methyl/N-ethyl adjacent to an activating group) is 1. The maximum Gasteiger partial charge on any atom is 0.238 e. The highest BCUT2D eigenvalue weighted by Crippen LogP contribution is 2.19. The van der Waals surface area contributed by atoms with Crippen molar-refractivity contribution in [2.45, 2.75) is 6.92 Å². The number of hydrogen-bond donors (Lipinski definition) is 3. The van der Waals surface area contributed by atoms with Gasteiger partial charge in [-0.1, -0.05) is 0 Å². The highest BCUT2D eigenvalue weighted by Gasteiger charge is 2.17. The second-order valence-corrected chi connectivity index (χ2v) is 6.25. The lowest BCUT2D eigenvalue weighted by Crippen LogP contribution is -2.36. The van der Waals surface area contributed by atoms with Gasteiger partial charge < -0.3 is 16.0 Å². The third kappa shape index (κ3) is 6.61. The number of halogens is 3. The largest absolute Gasteiger partial charge is 0.326 e. The second-order valence-electron chi connectivity index (χ2n) is 6.25. The Morgan fingerprint density at radius 1 is 0.793 bits per heavy atom. The lowest BCUT2D eigenvalue weighted by Gasteiger charge is -2.16. The van der Waals surface area contributed by atoms with Crippen molar-refractivity contribution in [1.82, 2.24) is 4.90 Å². The minimum absolute atomic E-state index is 0.152. The van der Waals surface area contributed by atoms with E-state index < -0.39 is 35.0 Å². The average molecular weight is 408 g/mol. The zero-order valence-electron chi connectivity index (χ0n) is 15.7. The summed E-state index contributed by atoms with van der Waals surface area (Å²) in [7, 11) is 1.49. The van der Waals surface area contributed by atoms with Crippen LogP contribution in [0.1, 0.15) is 6.92 Å². The number of rotatable bonds is 7. The Morgan fingerprint density at radius 2 is 1.31 bits per heavy atom. The molecule has 3 N–H and O–H groups in total. The molecule has 0 spiro atoms. The van der Waals surface area contributed by atoms with Gasteiger partial charge in [0.05, 0.1) is 18.8 Å². The fourth-order valence-corrected chi connectivity index (χ4v) is 2.40. The van der Waals surface area contributed by atoms with E-state index in [0.29, 0.717) is 17.4 Å². The van der Waals surface area contributed by atoms with Gasteiger partial charge in [0.15, 0.2) is 17.5 Å². The molecule has 0 aliphatic rings. The van der Waals surface area contributed by atoms with Crippen LogP contribution in [-0.4, -0.2) is 42.8 Å². The zero-order chi connectivity index (χ0) is 21.6. The SMILES string of the molecule is CC(=O)Nc1ccc(NC(=O)CN(C)CC(=O)Nc2ccc(F)c(F)c2F)cc1. The van der Waals surface area contributed by atoms with E-state index >= 15 is 0 Å². The van der Waals surface area contributed by atoms with Crippen molar-refractivity contribution in [3.8, 4) is 0 Å². The Bertz CT molecular complexity index is 920. The molecule has 0 saturated carbocycles. The standard InChI is InChI=1S/C19H19F3N4O3/c1-11(27)23-12-3-5-13(6-4-12)24-16(28)9-26(2)10-17(29)25-15-8-7-14(20)18(21)19(15)22/h3-8H,9-10H2,1-2H3,(H,23,27)(H,24,28)(H,25,29). The van der Waals surface area contributed by atoms with Crippen molar-refractivity contribution in [1.29, 1.82) is 0 Å². The Morgan fingerprint density at radius 3 is 1.86 bits per heavy atom. The molecule has 0 heterocycles. The quantitative estimate of drug-likeness (QED) is 0.615. The van der Waals surface area contributed by atoms with Crippen LogP contribution in [0.15, 0.2) is 36.4 Å². The van der Waals surface area contributed by atoms with Crippen molar-refractivity contribution in [3.05, 3.63) is 53.8 Å². The number of nitrogens with one attached hydrogen (secondary N) is 3. The fourth-order valence-electron chi connectivity index (χ4n) is 2.40. The average Bonchev–Trinajstić information content (AvgIpc) is 2.63. The molecular formula is C19H19F3N4O3. The van der Waals surface area contributed by atoms with Crippen molar-refractivity contribution < 1.29 is 27.6 Å². The van der Waals surface area contributed by atoms with Gasteiger partial charge in [-0.25, -0.2) is 13.2 Å². The van der Waals surface area contributed by atoms with Crippen LogP contribution in [0.3, 0.4) is 0 Å². The highest BCUT2D eigenvalue weighted by atomic mass is 19.2. The third-order valence-electron chi connectivity index (χ3n) is 3.63. The van der Waals surface area contributed by atoms with E-state index in [9.17, 15) is 27.6 Å². The molecule has 3 amide bonds. The van der Waals surface area contributed by atoms with Crippen LogP contribution < -0.4 is 16.0 Å². The third-order valence-corrected chi connectivity index (χ3v) is 3.63. The summed E-state index contributed by atoms with van der Waals surface area (Å²) in [6.45, 7) is 0.942. The molecule has 0 radical (unpaired) electrons. The number of benzene rings is 2. The molecule has 0 fully saturated rings. The second kappa shape index (κ2) is 9.69. The highest BCUT2D eigenvalue weighted by molar-refractivity contribution is 5.95. The Balaban J connectivity index is 1.84. The van der Waals surface area contributed by atoms with E-state index in [1.54, 1.807) is 24.3 Å². The van der Waals surface area contributed by atoms with Gasteiger partial charge in [-0.2, -0.15) is 0 Å². The van der Waals surface area contributed by atoms with Crippen molar-refractivity contribution in [3.63, 3.8) is 0 Å². The van der Waals surface area contributed by atoms with Crippen molar-refractivity contribution in [2.24, 2.45) is 0 Å². The van der Waals surface area contributed by atoms with Crippen LogP contribution in [0.4, 0.5) is 30.2 Å². The van der Waals surface area contributed by atoms with E-state index in [1.807, 2.05) is 0 Å². The Kier molecular flexibility index (Phi) is 7.32. The van der Waals surface area contributed by atoms with E-state index in [4.69, 9.17) is 0 Å². The molecule has 0 atom stereocenters. The van der Waals surface area contributed by atoms with Gasteiger partial charge in [-0.3, -0.25) is 19.3 Å². The van der Waals surface area contributed by atoms with Gasteiger partial charge in [0.25, 0.3) is 0 Å². The monoisotopic (exact) mass is 408 g/mol. The molecular weight excluding hydrogens is 389 g/mol. The maximum absolute atomic E-state index is 13.6. The molecule has 0 aliphatic heterocycles. The lowest BCUT2D eigenvalue weighted by atomic mass is 10.2. The first-order valence-electron chi connectivity index (χ1n) is 8.45. The Hall–Kier alpha value is -3.40. The van der Waals surface area contributed by atoms with Gasteiger partial charge in [0, 0.05) is 18.3 Å².